The summed E-state index contributed by atoms with van der Waals surface area (Å²) in [7, 11) is 0. The van der Waals surface area contributed by atoms with Crippen LogP contribution in [0.5, 0.6) is 0 Å². The molecular weight excluding hydrogens is 292 g/mol. The van der Waals surface area contributed by atoms with Gasteiger partial charge in [-0.3, -0.25) is 4.79 Å². The highest BCUT2D eigenvalue weighted by Gasteiger charge is 2.23. The molecule has 3 rings (SSSR count). The molecule has 0 radical (unpaired) electrons. The van der Waals surface area contributed by atoms with Crippen LogP contribution in [0, 0.1) is 6.92 Å². The molecule has 1 aromatic heterocycles. The summed E-state index contributed by atoms with van der Waals surface area (Å²) in [6, 6.07) is 8.31. The maximum absolute atomic E-state index is 11.7. The third kappa shape index (κ3) is 2.12. The monoisotopic (exact) mass is 304 g/mol. The maximum Gasteiger partial charge on any atom is 0.265 e. The van der Waals surface area contributed by atoms with E-state index >= 15 is 0 Å². The average Bonchev–Trinajstić information content (AvgIpc) is 3.20. The number of hydrogen-bond donors (Lipinski definition) is 1. The van der Waals surface area contributed by atoms with Crippen molar-refractivity contribution in [3.8, 4) is 11.4 Å². The van der Waals surface area contributed by atoms with Gasteiger partial charge in [0.15, 0.2) is 0 Å². The molecule has 92 valence electrons. The maximum atomic E-state index is 11.7. The largest absolute Gasteiger partial charge is 0.306 e. The van der Waals surface area contributed by atoms with Crippen LogP contribution in [-0.4, -0.2) is 9.97 Å². The first kappa shape index (κ1) is 11.7. The minimum Gasteiger partial charge on any atom is -0.306 e. The summed E-state index contributed by atoms with van der Waals surface area (Å²) in [6.07, 6.45) is 2.59. The number of aromatic amines is 1. The number of aryl methyl sites for hydroxylation is 1. The van der Waals surface area contributed by atoms with Gasteiger partial charge in [0.25, 0.3) is 5.56 Å². The molecule has 1 saturated carbocycles. The first-order chi connectivity index (χ1) is 8.65. The Hall–Kier alpha value is -1.42. The van der Waals surface area contributed by atoms with E-state index in [4.69, 9.17) is 0 Å². The summed E-state index contributed by atoms with van der Waals surface area (Å²) in [5.41, 5.74) is 2.91. The van der Waals surface area contributed by atoms with Gasteiger partial charge in [0, 0.05) is 5.56 Å². The molecule has 1 aliphatic carbocycles. The van der Waals surface area contributed by atoms with Crippen molar-refractivity contribution in [1.29, 1.82) is 0 Å². The molecule has 1 heterocycles. The highest BCUT2D eigenvalue weighted by atomic mass is 79.9. The van der Waals surface area contributed by atoms with Crippen molar-refractivity contribution >= 4 is 15.9 Å². The molecular formula is C14H13BrN2O. The van der Waals surface area contributed by atoms with E-state index in [0.29, 0.717) is 16.0 Å². The molecule has 1 aromatic carbocycles. The van der Waals surface area contributed by atoms with Crippen LogP contribution < -0.4 is 5.56 Å². The summed E-state index contributed by atoms with van der Waals surface area (Å²) < 4.78 is 0.501. The zero-order chi connectivity index (χ0) is 12.7. The minimum absolute atomic E-state index is 0.135. The molecule has 3 nitrogen and oxygen atoms in total. The summed E-state index contributed by atoms with van der Waals surface area (Å²) in [5, 5.41) is 0. The van der Waals surface area contributed by atoms with Crippen LogP contribution in [0.25, 0.3) is 11.4 Å². The third-order valence-electron chi connectivity index (χ3n) is 3.26. The Balaban J connectivity index is 2.01. The average molecular weight is 305 g/mol. The Morgan fingerprint density at radius 2 is 1.94 bits per heavy atom. The number of benzene rings is 1. The predicted octanol–water partition coefficient (Wildman–Crippen LogP) is 3.39. The van der Waals surface area contributed by atoms with E-state index in [2.05, 4.69) is 38.0 Å². The number of hydrogen-bond acceptors (Lipinski definition) is 2. The molecule has 0 atom stereocenters. The van der Waals surface area contributed by atoms with Gasteiger partial charge in [-0.2, -0.15) is 0 Å². The van der Waals surface area contributed by atoms with Crippen LogP contribution >= 0.6 is 15.9 Å². The van der Waals surface area contributed by atoms with Gasteiger partial charge in [0.2, 0.25) is 0 Å². The second kappa shape index (κ2) is 4.35. The molecule has 1 aliphatic rings. The van der Waals surface area contributed by atoms with Crippen molar-refractivity contribution in [2.24, 2.45) is 0 Å². The van der Waals surface area contributed by atoms with E-state index in [1.54, 1.807) is 0 Å². The van der Waals surface area contributed by atoms with Crippen molar-refractivity contribution in [2.45, 2.75) is 25.7 Å². The van der Waals surface area contributed by atoms with E-state index in [-0.39, 0.29) is 5.56 Å². The second-order valence-corrected chi connectivity index (χ2v) is 5.50. The topological polar surface area (TPSA) is 45.8 Å². The smallest absolute Gasteiger partial charge is 0.265 e. The lowest BCUT2D eigenvalue weighted by Gasteiger charge is -2.04. The normalized spacial score (nSPS) is 14.8. The lowest BCUT2D eigenvalue weighted by molar-refractivity contribution is 1.05. The zero-order valence-corrected chi connectivity index (χ0v) is 11.6. The van der Waals surface area contributed by atoms with Crippen molar-refractivity contribution < 1.29 is 0 Å². The van der Waals surface area contributed by atoms with Gasteiger partial charge < -0.3 is 4.98 Å². The molecule has 0 unspecified atom stereocenters. The highest BCUT2D eigenvalue weighted by Crippen LogP contribution is 2.40. The van der Waals surface area contributed by atoms with Crippen molar-refractivity contribution in [3.63, 3.8) is 0 Å². The summed E-state index contributed by atoms with van der Waals surface area (Å²) in [5.74, 6) is 1.38. The van der Waals surface area contributed by atoms with E-state index < -0.39 is 0 Å². The standard InChI is InChI=1S/C14H13BrN2O/c1-8-12(15)14(18)17-13(16-8)11-6-4-10(5-7-11)9-2-3-9/h4-7,9H,2-3H2,1H3,(H,16,17,18). The lowest BCUT2D eigenvalue weighted by Crippen LogP contribution is -2.11. The number of rotatable bonds is 2. The Morgan fingerprint density at radius 1 is 1.28 bits per heavy atom. The van der Waals surface area contributed by atoms with E-state index in [1.807, 2.05) is 19.1 Å². The van der Waals surface area contributed by atoms with Gasteiger partial charge in [-0.15, -0.1) is 0 Å². The highest BCUT2D eigenvalue weighted by molar-refractivity contribution is 9.10. The van der Waals surface area contributed by atoms with E-state index in [9.17, 15) is 4.79 Å². The van der Waals surface area contributed by atoms with Crippen molar-refractivity contribution in [1.82, 2.24) is 9.97 Å². The number of nitrogens with zero attached hydrogens (tertiary/aromatic N) is 1. The molecule has 2 aromatic rings. The van der Waals surface area contributed by atoms with Crippen molar-refractivity contribution in [2.75, 3.05) is 0 Å². The number of nitrogens with one attached hydrogen (secondary N) is 1. The summed E-state index contributed by atoms with van der Waals surface area (Å²) in [4.78, 5) is 18.9. The van der Waals surface area contributed by atoms with Crippen LogP contribution in [0.1, 0.15) is 30.0 Å². The Labute approximate surface area is 113 Å². The molecule has 18 heavy (non-hydrogen) atoms. The Kier molecular flexibility index (Phi) is 2.82. The second-order valence-electron chi connectivity index (χ2n) is 4.71. The Bertz CT molecular complexity index is 642. The van der Waals surface area contributed by atoms with Gasteiger partial charge in [-0.1, -0.05) is 24.3 Å². The fraction of sp³-hybridized carbons (Fsp3) is 0.286. The summed E-state index contributed by atoms with van der Waals surface area (Å²) in [6.45, 7) is 1.82. The van der Waals surface area contributed by atoms with Crippen molar-refractivity contribution in [3.05, 3.63) is 50.3 Å². The van der Waals surface area contributed by atoms with Gasteiger partial charge >= 0.3 is 0 Å². The molecule has 0 spiro atoms. The van der Waals surface area contributed by atoms with E-state index in [0.717, 1.165) is 11.5 Å². The van der Waals surface area contributed by atoms with Crippen LogP contribution in [0.15, 0.2) is 33.5 Å². The first-order valence-electron chi connectivity index (χ1n) is 6.02. The van der Waals surface area contributed by atoms with E-state index in [1.165, 1.54) is 18.4 Å². The SMILES string of the molecule is Cc1nc(-c2ccc(C3CC3)cc2)[nH]c(=O)c1Br. The molecule has 0 bridgehead atoms. The molecule has 1 N–H and O–H groups in total. The van der Waals surface area contributed by atoms with Gasteiger partial charge in [0.1, 0.15) is 10.3 Å². The third-order valence-corrected chi connectivity index (χ3v) is 4.20. The molecule has 1 fully saturated rings. The Morgan fingerprint density at radius 3 is 2.50 bits per heavy atom. The molecule has 0 amide bonds. The minimum atomic E-state index is -0.135. The quantitative estimate of drug-likeness (QED) is 0.924. The predicted molar refractivity (Wildman–Crippen MR) is 74.7 cm³/mol. The first-order valence-corrected chi connectivity index (χ1v) is 6.81. The van der Waals surface area contributed by atoms with Crippen LogP contribution in [-0.2, 0) is 0 Å². The number of H-pyrrole nitrogens is 1. The van der Waals surface area contributed by atoms with Gasteiger partial charge in [-0.25, -0.2) is 4.98 Å². The number of halogens is 1. The lowest BCUT2D eigenvalue weighted by atomic mass is 10.1. The number of aromatic nitrogens is 2. The van der Waals surface area contributed by atoms with Crippen LogP contribution in [0.2, 0.25) is 0 Å². The van der Waals surface area contributed by atoms with Gasteiger partial charge in [0.05, 0.1) is 5.69 Å². The zero-order valence-electron chi connectivity index (χ0n) is 10.0. The fourth-order valence-electron chi connectivity index (χ4n) is 2.04. The van der Waals surface area contributed by atoms with Gasteiger partial charge in [-0.05, 0) is 47.2 Å². The summed E-state index contributed by atoms with van der Waals surface area (Å²) >= 11 is 3.22. The van der Waals surface area contributed by atoms with Crippen LogP contribution in [0.3, 0.4) is 0 Å². The molecule has 0 aliphatic heterocycles. The molecule has 0 saturated heterocycles. The molecule has 4 heteroatoms. The van der Waals surface area contributed by atoms with Crippen LogP contribution in [0.4, 0.5) is 0 Å². The fourth-order valence-corrected chi connectivity index (χ4v) is 2.23.